The summed E-state index contributed by atoms with van der Waals surface area (Å²) in [7, 11) is 3.35. The van der Waals surface area contributed by atoms with Crippen LogP contribution in [0.1, 0.15) is 10.4 Å². The Bertz CT molecular complexity index is 1200. The second-order valence-electron chi connectivity index (χ2n) is 7.17. The van der Waals surface area contributed by atoms with Crippen molar-refractivity contribution in [3.05, 3.63) is 42.0 Å². The maximum atomic E-state index is 13.6. The highest BCUT2D eigenvalue weighted by molar-refractivity contribution is 7.91. The second kappa shape index (κ2) is 9.21. The SMILES string of the molecule is COc1cccc(C(=O)N(CCN(C)C)c2nc3c(S(C)(=O)=O)cccc3s2)c1OC. The van der Waals surface area contributed by atoms with Crippen LogP contribution in [0.25, 0.3) is 10.2 Å². The Balaban J connectivity index is 2.14. The fourth-order valence-electron chi connectivity index (χ4n) is 3.11. The molecule has 1 amide bonds. The highest BCUT2D eigenvalue weighted by atomic mass is 32.2. The molecule has 1 aromatic heterocycles. The Labute approximate surface area is 185 Å². The van der Waals surface area contributed by atoms with E-state index in [1.54, 1.807) is 35.2 Å². The number of rotatable bonds is 8. The third-order valence-corrected chi connectivity index (χ3v) is 6.82. The molecule has 1 heterocycles. The van der Waals surface area contributed by atoms with Crippen molar-refractivity contribution in [1.29, 1.82) is 0 Å². The van der Waals surface area contributed by atoms with Crippen LogP contribution in [0.5, 0.6) is 11.5 Å². The van der Waals surface area contributed by atoms with Crippen LogP contribution in [0.2, 0.25) is 0 Å². The van der Waals surface area contributed by atoms with Crippen molar-refractivity contribution in [2.75, 3.05) is 52.6 Å². The van der Waals surface area contributed by atoms with E-state index in [0.717, 1.165) is 6.26 Å². The number of methoxy groups -OCH3 is 2. The summed E-state index contributed by atoms with van der Waals surface area (Å²) in [6.45, 7) is 0.951. The minimum atomic E-state index is -3.46. The quantitative estimate of drug-likeness (QED) is 0.507. The molecule has 166 valence electrons. The molecule has 0 radical (unpaired) electrons. The first-order valence-electron chi connectivity index (χ1n) is 9.44. The van der Waals surface area contributed by atoms with E-state index >= 15 is 0 Å². The summed E-state index contributed by atoms with van der Waals surface area (Å²) in [5.41, 5.74) is 0.702. The van der Waals surface area contributed by atoms with Crippen LogP contribution in [0.15, 0.2) is 41.3 Å². The number of anilines is 1. The van der Waals surface area contributed by atoms with Crippen LogP contribution in [0.3, 0.4) is 0 Å². The number of hydrogen-bond donors (Lipinski definition) is 0. The number of sulfone groups is 1. The predicted molar refractivity (Wildman–Crippen MR) is 123 cm³/mol. The van der Waals surface area contributed by atoms with Crippen LogP contribution >= 0.6 is 11.3 Å². The van der Waals surface area contributed by atoms with Crippen LogP contribution in [-0.2, 0) is 9.84 Å². The molecule has 3 rings (SSSR count). The monoisotopic (exact) mass is 463 g/mol. The van der Waals surface area contributed by atoms with Crippen molar-refractivity contribution >= 4 is 42.4 Å². The van der Waals surface area contributed by atoms with E-state index in [-0.39, 0.29) is 10.8 Å². The molecule has 0 spiro atoms. The number of amides is 1. The first-order chi connectivity index (χ1) is 14.7. The zero-order chi connectivity index (χ0) is 22.8. The third-order valence-electron chi connectivity index (χ3n) is 4.65. The van der Waals surface area contributed by atoms with Crippen LogP contribution < -0.4 is 14.4 Å². The summed E-state index contributed by atoms with van der Waals surface area (Å²) in [4.78, 5) is 21.8. The van der Waals surface area contributed by atoms with Crippen LogP contribution in [0.4, 0.5) is 5.13 Å². The number of benzene rings is 2. The lowest BCUT2D eigenvalue weighted by Crippen LogP contribution is -2.37. The Hall–Kier alpha value is -2.69. The van der Waals surface area contributed by atoms with Gasteiger partial charge in [0.15, 0.2) is 26.5 Å². The number of thiazole rings is 1. The molecule has 10 heteroatoms. The number of ether oxygens (including phenoxy) is 2. The van der Waals surface area contributed by atoms with E-state index < -0.39 is 9.84 Å². The number of fused-ring (bicyclic) bond motifs is 1. The van der Waals surface area contributed by atoms with Gasteiger partial charge < -0.3 is 14.4 Å². The Morgan fingerprint density at radius 1 is 1.06 bits per heavy atom. The minimum Gasteiger partial charge on any atom is -0.493 e. The summed E-state index contributed by atoms with van der Waals surface area (Å²) in [6, 6.07) is 10.1. The largest absolute Gasteiger partial charge is 0.493 e. The zero-order valence-electron chi connectivity index (χ0n) is 18.1. The van der Waals surface area contributed by atoms with Crippen LogP contribution in [0, 0.1) is 0 Å². The topological polar surface area (TPSA) is 89.0 Å². The number of para-hydroxylation sites is 2. The average molecular weight is 464 g/mol. The van der Waals surface area contributed by atoms with Gasteiger partial charge >= 0.3 is 0 Å². The van der Waals surface area contributed by atoms with Gasteiger partial charge in [-0.1, -0.05) is 23.5 Å². The maximum Gasteiger partial charge on any atom is 0.264 e. The standard InChI is InChI=1S/C21H25N3O5S2/c1-23(2)12-13-24(20(25)14-8-6-9-15(28-3)19(14)29-4)21-22-18-16(30-21)10-7-11-17(18)31(5,26)27/h6-11H,12-13H2,1-5H3. The molecule has 0 aliphatic rings. The van der Waals surface area contributed by atoms with Gasteiger partial charge in [-0.2, -0.15) is 0 Å². The summed E-state index contributed by atoms with van der Waals surface area (Å²) in [5.74, 6) is 0.477. The van der Waals surface area contributed by atoms with Crippen molar-refractivity contribution < 1.29 is 22.7 Å². The molecular weight excluding hydrogens is 438 g/mol. The average Bonchev–Trinajstić information content (AvgIpc) is 3.15. The van der Waals surface area contributed by atoms with Crippen molar-refractivity contribution in [3.63, 3.8) is 0 Å². The van der Waals surface area contributed by atoms with Crippen molar-refractivity contribution in [2.24, 2.45) is 0 Å². The number of hydrogen-bond acceptors (Lipinski definition) is 8. The van der Waals surface area contributed by atoms with Gasteiger partial charge in [-0.3, -0.25) is 9.69 Å². The van der Waals surface area contributed by atoms with Gasteiger partial charge in [0.1, 0.15) is 5.52 Å². The van der Waals surface area contributed by atoms with E-state index in [9.17, 15) is 13.2 Å². The molecular formula is C21H25N3O5S2. The fourth-order valence-corrected chi connectivity index (χ4v) is 5.03. The number of aromatic nitrogens is 1. The normalized spacial score (nSPS) is 11.7. The van der Waals surface area contributed by atoms with Crippen molar-refractivity contribution in [1.82, 2.24) is 9.88 Å². The molecule has 0 saturated carbocycles. The summed E-state index contributed by atoms with van der Waals surface area (Å²) >= 11 is 1.27. The molecule has 0 saturated heterocycles. The third kappa shape index (κ3) is 4.81. The molecule has 0 atom stereocenters. The number of nitrogens with zero attached hydrogens (tertiary/aromatic N) is 3. The lowest BCUT2D eigenvalue weighted by Gasteiger charge is -2.23. The van der Waals surface area contributed by atoms with Gasteiger partial charge in [-0.15, -0.1) is 0 Å². The minimum absolute atomic E-state index is 0.145. The van der Waals surface area contributed by atoms with Gasteiger partial charge in [0, 0.05) is 19.3 Å². The van der Waals surface area contributed by atoms with Gasteiger partial charge in [0.2, 0.25) is 0 Å². The molecule has 0 unspecified atom stereocenters. The summed E-state index contributed by atoms with van der Waals surface area (Å²) in [5, 5.41) is 0.419. The van der Waals surface area contributed by atoms with Gasteiger partial charge in [-0.25, -0.2) is 13.4 Å². The van der Waals surface area contributed by atoms with E-state index in [1.807, 2.05) is 19.0 Å². The van der Waals surface area contributed by atoms with Crippen molar-refractivity contribution in [3.8, 4) is 11.5 Å². The Morgan fingerprint density at radius 2 is 1.77 bits per heavy atom. The summed E-state index contributed by atoms with van der Waals surface area (Å²) in [6.07, 6.45) is 1.15. The Kier molecular flexibility index (Phi) is 6.83. The van der Waals surface area contributed by atoms with Crippen molar-refractivity contribution in [2.45, 2.75) is 4.90 Å². The van der Waals surface area contributed by atoms with E-state index in [4.69, 9.17) is 9.47 Å². The van der Waals surface area contributed by atoms with Gasteiger partial charge in [0.05, 0.1) is 29.4 Å². The highest BCUT2D eigenvalue weighted by Gasteiger charge is 2.26. The predicted octanol–water partition coefficient (Wildman–Crippen LogP) is 2.93. The number of likely N-dealkylation sites (N-methyl/N-ethyl adjacent to an activating group) is 1. The maximum absolute atomic E-state index is 13.6. The van der Waals surface area contributed by atoms with E-state index in [0.29, 0.717) is 45.5 Å². The molecule has 0 aliphatic heterocycles. The first-order valence-corrected chi connectivity index (χ1v) is 12.2. The van der Waals surface area contributed by atoms with E-state index in [2.05, 4.69) is 4.98 Å². The summed E-state index contributed by atoms with van der Waals surface area (Å²) < 4.78 is 35.9. The molecule has 0 N–H and O–H groups in total. The van der Waals surface area contributed by atoms with Crippen LogP contribution in [-0.4, -0.2) is 71.9 Å². The molecule has 2 aromatic carbocycles. The molecule has 0 bridgehead atoms. The van der Waals surface area contributed by atoms with Gasteiger partial charge in [-0.05, 0) is 38.4 Å². The lowest BCUT2D eigenvalue weighted by atomic mass is 10.1. The zero-order valence-corrected chi connectivity index (χ0v) is 19.7. The first kappa shape index (κ1) is 23.0. The smallest absolute Gasteiger partial charge is 0.264 e. The molecule has 0 fully saturated rings. The molecule has 31 heavy (non-hydrogen) atoms. The lowest BCUT2D eigenvalue weighted by molar-refractivity contribution is 0.0981. The highest BCUT2D eigenvalue weighted by Crippen LogP contribution is 2.36. The van der Waals surface area contributed by atoms with Gasteiger partial charge in [0.25, 0.3) is 5.91 Å². The molecule has 8 nitrogen and oxygen atoms in total. The second-order valence-corrected chi connectivity index (χ2v) is 10.2. The molecule has 3 aromatic rings. The van der Waals surface area contributed by atoms with E-state index in [1.165, 1.54) is 31.6 Å². The fraction of sp³-hybridized carbons (Fsp3) is 0.333. The number of carbonyl (C=O) groups excluding carboxylic acids is 1. The number of carbonyl (C=O) groups is 1. The molecule has 0 aliphatic carbocycles. The Morgan fingerprint density at radius 3 is 2.39 bits per heavy atom.